The number of sulfonamides is 1. The van der Waals surface area contributed by atoms with Crippen molar-refractivity contribution in [1.82, 2.24) is 0 Å². The number of anilines is 3. The number of hydrogen-bond acceptors (Lipinski definition) is 5. The van der Waals surface area contributed by atoms with Gasteiger partial charge < -0.3 is 15.2 Å². The zero-order chi connectivity index (χ0) is 19.4. The van der Waals surface area contributed by atoms with Gasteiger partial charge in [0, 0.05) is 19.0 Å². The highest BCUT2D eigenvalue weighted by Gasteiger charge is 2.32. The summed E-state index contributed by atoms with van der Waals surface area (Å²) >= 11 is 0. The first-order valence-corrected chi connectivity index (χ1v) is 10.2. The maximum absolute atomic E-state index is 13.3. The zero-order valence-electron chi connectivity index (χ0n) is 15.0. The molecule has 0 saturated carbocycles. The van der Waals surface area contributed by atoms with E-state index in [1.807, 2.05) is 12.1 Å². The molecule has 2 aromatic carbocycles. The highest BCUT2D eigenvalue weighted by atomic mass is 32.2. The Labute approximate surface area is 158 Å². The van der Waals surface area contributed by atoms with Crippen LogP contribution in [0, 0.1) is 0 Å². The van der Waals surface area contributed by atoms with Crippen molar-refractivity contribution in [2.45, 2.75) is 30.6 Å². The number of carboxylic acids is 1. The van der Waals surface area contributed by atoms with Crippen LogP contribution in [0.5, 0.6) is 5.75 Å². The number of nitrogens with zero attached hydrogens (tertiary/aromatic N) is 1. The number of unbranched alkanes of at least 4 members (excludes halogenated alkanes) is 2. The number of fused-ring (bicyclic) bond motifs is 2. The lowest BCUT2D eigenvalue weighted by Crippen LogP contribution is -2.31. The Morgan fingerprint density at radius 3 is 2.63 bits per heavy atom. The van der Waals surface area contributed by atoms with Crippen molar-refractivity contribution < 1.29 is 23.1 Å². The van der Waals surface area contributed by atoms with Crippen molar-refractivity contribution in [2.75, 3.05) is 23.3 Å². The maximum atomic E-state index is 13.3. The number of carboxylic acid groups (broad SMARTS) is 1. The van der Waals surface area contributed by atoms with E-state index >= 15 is 0 Å². The van der Waals surface area contributed by atoms with Crippen LogP contribution in [0.4, 0.5) is 17.1 Å². The minimum absolute atomic E-state index is 0.0908. The third-order valence-electron chi connectivity index (χ3n) is 4.45. The van der Waals surface area contributed by atoms with Gasteiger partial charge in [0.1, 0.15) is 10.6 Å². The largest absolute Gasteiger partial charge is 0.497 e. The van der Waals surface area contributed by atoms with E-state index in [-0.39, 0.29) is 17.9 Å². The predicted octanol–water partition coefficient (Wildman–Crippen LogP) is 3.59. The van der Waals surface area contributed by atoms with E-state index < -0.39 is 16.0 Å². The van der Waals surface area contributed by atoms with Crippen LogP contribution in [0.2, 0.25) is 0 Å². The molecule has 0 radical (unpaired) electrons. The minimum atomic E-state index is -3.76. The van der Waals surface area contributed by atoms with Crippen molar-refractivity contribution in [3.8, 4) is 5.75 Å². The number of ether oxygens (including phenoxy) is 1. The molecular formula is C19H22N2O5S. The van der Waals surface area contributed by atoms with Crippen LogP contribution in [-0.2, 0) is 14.8 Å². The Morgan fingerprint density at radius 1 is 1.11 bits per heavy atom. The highest BCUT2D eigenvalue weighted by Crippen LogP contribution is 2.40. The van der Waals surface area contributed by atoms with Gasteiger partial charge in [0.2, 0.25) is 0 Å². The van der Waals surface area contributed by atoms with Crippen LogP contribution in [-0.4, -0.2) is 33.1 Å². The molecule has 0 atom stereocenters. The van der Waals surface area contributed by atoms with Crippen molar-refractivity contribution in [3.63, 3.8) is 0 Å². The van der Waals surface area contributed by atoms with Gasteiger partial charge in [-0.25, -0.2) is 8.42 Å². The topological polar surface area (TPSA) is 95.9 Å². The smallest absolute Gasteiger partial charge is 0.303 e. The van der Waals surface area contributed by atoms with Crippen molar-refractivity contribution >= 4 is 33.1 Å². The van der Waals surface area contributed by atoms with E-state index in [1.165, 1.54) is 11.4 Å². The summed E-state index contributed by atoms with van der Waals surface area (Å²) in [5.41, 5.74) is 1.74. The maximum Gasteiger partial charge on any atom is 0.303 e. The Kier molecular flexibility index (Phi) is 5.55. The summed E-state index contributed by atoms with van der Waals surface area (Å²) in [5.74, 6) is -0.272. The van der Waals surface area contributed by atoms with Crippen molar-refractivity contribution in [2.24, 2.45) is 0 Å². The Morgan fingerprint density at radius 2 is 1.89 bits per heavy atom. The summed E-state index contributed by atoms with van der Waals surface area (Å²) in [6, 6.07) is 12.1. The summed E-state index contributed by atoms with van der Waals surface area (Å²) in [6.45, 7) is 0.284. The van der Waals surface area contributed by atoms with Gasteiger partial charge in [0.15, 0.2) is 0 Å². The van der Waals surface area contributed by atoms with E-state index in [0.717, 1.165) is 0 Å². The summed E-state index contributed by atoms with van der Waals surface area (Å²) in [4.78, 5) is 10.8. The molecule has 0 aliphatic carbocycles. The molecule has 3 rings (SSSR count). The molecule has 1 aliphatic heterocycles. The number of benzene rings is 2. The highest BCUT2D eigenvalue weighted by molar-refractivity contribution is 7.93. The molecule has 0 spiro atoms. The fourth-order valence-electron chi connectivity index (χ4n) is 3.10. The fourth-order valence-corrected chi connectivity index (χ4v) is 4.75. The molecule has 0 unspecified atom stereocenters. The lowest BCUT2D eigenvalue weighted by molar-refractivity contribution is -0.137. The predicted molar refractivity (Wildman–Crippen MR) is 103 cm³/mol. The summed E-state index contributed by atoms with van der Waals surface area (Å²) in [5, 5.41) is 11.9. The molecular weight excluding hydrogens is 368 g/mol. The first kappa shape index (κ1) is 19.0. The van der Waals surface area contributed by atoms with E-state index in [1.54, 1.807) is 30.3 Å². The Hall–Kier alpha value is -2.74. The first-order valence-electron chi connectivity index (χ1n) is 8.72. The van der Waals surface area contributed by atoms with E-state index in [0.29, 0.717) is 42.1 Å². The van der Waals surface area contributed by atoms with Gasteiger partial charge in [0.05, 0.1) is 24.2 Å². The molecule has 27 heavy (non-hydrogen) atoms. The van der Waals surface area contributed by atoms with Crippen molar-refractivity contribution in [3.05, 3.63) is 42.5 Å². The average molecular weight is 390 g/mol. The minimum Gasteiger partial charge on any atom is -0.497 e. The van der Waals surface area contributed by atoms with E-state index in [2.05, 4.69) is 5.32 Å². The Bertz CT molecular complexity index is 943. The third-order valence-corrected chi connectivity index (χ3v) is 6.32. The molecule has 0 aromatic heterocycles. The van der Waals surface area contributed by atoms with Gasteiger partial charge in [0.25, 0.3) is 10.0 Å². The lowest BCUT2D eigenvalue weighted by atomic mass is 10.2. The van der Waals surface area contributed by atoms with Crippen LogP contribution in [0.3, 0.4) is 0 Å². The zero-order valence-corrected chi connectivity index (χ0v) is 15.8. The van der Waals surface area contributed by atoms with Crippen LogP contribution >= 0.6 is 0 Å². The summed E-state index contributed by atoms with van der Waals surface area (Å²) in [7, 11) is -2.23. The molecule has 2 aromatic rings. The molecule has 8 heteroatoms. The average Bonchev–Trinajstić information content (AvgIpc) is 2.73. The molecule has 1 heterocycles. The van der Waals surface area contributed by atoms with Gasteiger partial charge in [-0.2, -0.15) is 0 Å². The van der Waals surface area contributed by atoms with Gasteiger partial charge in [-0.1, -0.05) is 18.6 Å². The number of rotatable bonds is 7. The van der Waals surface area contributed by atoms with Gasteiger partial charge in [-0.3, -0.25) is 9.10 Å². The third kappa shape index (κ3) is 4.00. The molecule has 0 fully saturated rings. The molecule has 144 valence electrons. The van der Waals surface area contributed by atoms with Gasteiger partial charge >= 0.3 is 5.97 Å². The number of nitrogens with one attached hydrogen (secondary N) is 1. The van der Waals surface area contributed by atoms with Gasteiger partial charge in [-0.15, -0.1) is 0 Å². The van der Waals surface area contributed by atoms with Crippen molar-refractivity contribution in [1.29, 1.82) is 0 Å². The molecule has 7 nitrogen and oxygen atoms in total. The van der Waals surface area contributed by atoms with E-state index in [4.69, 9.17) is 9.84 Å². The van der Waals surface area contributed by atoms with Gasteiger partial charge in [-0.05, 0) is 37.1 Å². The van der Waals surface area contributed by atoms with Crippen LogP contribution in [0.1, 0.15) is 25.7 Å². The first-order chi connectivity index (χ1) is 12.9. The summed E-state index contributed by atoms with van der Waals surface area (Å²) in [6.07, 6.45) is 1.83. The Balaban J connectivity index is 1.94. The second kappa shape index (κ2) is 7.87. The lowest BCUT2D eigenvalue weighted by Gasteiger charge is -2.24. The number of carbonyl (C=O) groups is 1. The second-order valence-electron chi connectivity index (χ2n) is 6.29. The quantitative estimate of drug-likeness (QED) is 0.702. The number of methoxy groups -OCH3 is 1. The number of para-hydroxylation sites is 2. The summed E-state index contributed by atoms with van der Waals surface area (Å²) < 4.78 is 33.2. The normalized spacial score (nSPS) is 14.5. The monoisotopic (exact) mass is 390 g/mol. The molecule has 0 saturated heterocycles. The van der Waals surface area contributed by atoms with Crippen LogP contribution < -0.4 is 14.4 Å². The van der Waals surface area contributed by atoms with Crippen LogP contribution in [0.25, 0.3) is 0 Å². The SMILES string of the molecule is COc1ccc2c(c1)Nc1ccccc1N(CCCCCC(=O)O)S2(=O)=O. The number of aliphatic carboxylic acids is 1. The molecule has 2 N–H and O–H groups in total. The standard InChI is InChI=1S/C19H22N2O5S/c1-26-14-10-11-18-16(13-14)20-15-7-4-5-8-17(15)21(27(18,24)25)12-6-2-3-9-19(22)23/h4-5,7-8,10-11,13,20H,2-3,6,9,12H2,1H3,(H,22,23). The van der Waals surface area contributed by atoms with Crippen LogP contribution in [0.15, 0.2) is 47.4 Å². The second-order valence-corrected chi connectivity index (χ2v) is 8.12. The molecule has 1 aliphatic rings. The molecule has 0 bridgehead atoms. The number of hydrogen-bond donors (Lipinski definition) is 2. The molecule has 0 amide bonds. The fraction of sp³-hybridized carbons (Fsp3) is 0.316. The van der Waals surface area contributed by atoms with E-state index in [9.17, 15) is 13.2 Å².